The van der Waals surface area contributed by atoms with Gasteiger partial charge in [0.05, 0.1) is 16.8 Å². The molecule has 0 bridgehead atoms. The van der Waals surface area contributed by atoms with Gasteiger partial charge in [0, 0.05) is 10.6 Å². The third kappa shape index (κ3) is 2.63. The van der Waals surface area contributed by atoms with Crippen LogP contribution in [0.4, 0.5) is 14.5 Å². The van der Waals surface area contributed by atoms with E-state index in [0.717, 1.165) is 17.7 Å². The van der Waals surface area contributed by atoms with Crippen LogP contribution in [0.1, 0.15) is 18.0 Å². The first kappa shape index (κ1) is 13.7. The summed E-state index contributed by atoms with van der Waals surface area (Å²) in [6.07, 6.45) is 0.841. The van der Waals surface area contributed by atoms with Crippen LogP contribution in [0, 0.1) is 11.6 Å². The number of benzene rings is 2. The molecule has 2 aromatic rings. The molecule has 1 heterocycles. The van der Waals surface area contributed by atoms with Crippen molar-refractivity contribution >= 4 is 29.1 Å². The lowest BCUT2D eigenvalue weighted by Gasteiger charge is -2.27. The molecule has 1 aliphatic heterocycles. The van der Waals surface area contributed by atoms with Gasteiger partial charge in [-0.25, -0.2) is 8.78 Å². The number of thioether (sulfide) groups is 1. The molecule has 0 aliphatic carbocycles. The van der Waals surface area contributed by atoms with E-state index in [2.05, 4.69) is 5.32 Å². The third-order valence-corrected chi connectivity index (χ3v) is 4.77. The van der Waals surface area contributed by atoms with Crippen molar-refractivity contribution in [2.75, 3.05) is 11.1 Å². The molecular weight excluding hydrogens is 300 g/mol. The molecule has 1 atom stereocenters. The Morgan fingerprint density at radius 2 is 2.05 bits per heavy atom. The number of rotatable bonds is 2. The van der Waals surface area contributed by atoms with E-state index < -0.39 is 0 Å². The second kappa shape index (κ2) is 5.62. The van der Waals surface area contributed by atoms with Crippen molar-refractivity contribution in [3.63, 3.8) is 0 Å². The Hall–Kier alpha value is -1.26. The van der Waals surface area contributed by atoms with Gasteiger partial charge in [0.25, 0.3) is 0 Å². The molecule has 3 rings (SSSR count). The standard InChI is InChI=1S/C15H12ClF2NS/c16-11-5-4-9(17)8-14(11)19-13-6-7-20-15-10(13)2-1-3-12(15)18/h1-5,8,13,19H,6-7H2. The topological polar surface area (TPSA) is 12.0 Å². The van der Waals surface area contributed by atoms with Crippen molar-refractivity contribution in [1.29, 1.82) is 0 Å². The smallest absolute Gasteiger partial charge is 0.137 e. The lowest BCUT2D eigenvalue weighted by Crippen LogP contribution is -2.17. The van der Waals surface area contributed by atoms with Gasteiger partial charge in [-0.2, -0.15) is 0 Å². The maximum atomic E-state index is 13.8. The van der Waals surface area contributed by atoms with Crippen LogP contribution in [-0.2, 0) is 0 Å². The highest BCUT2D eigenvalue weighted by atomic mass is 35.5. The SMILES string of the molecule is Fc1ccc(Cl)c(NC2CCSc3c(F)cccc32)c1. The predicted molar refractivity (Wildman–Crippen MR) is 79.5 cm³/mol. The molecule has 5 heteroatoms. The highest BCUT2D eigenvalue weighted by Crippen LogP contribution is 2.40. The summed E-state index contributed by atoms with van der Waals surface area (Å²) in [6, 6.07) is 9.20. The van der Waals surface area contributed by atoms with E-state index >= 15 is 0 Å². The Morgan fingerprint density at radius 1 is 1.20 bits per heavy atom. The van der Waals surface area contributed by atoms with Crippen LogP contribution in [0.5, 0.6) is 0 Å². The van der Waals surface area contributed by atoms with Gasteiger partial charge in [0.1, 0.15) is 11.6 Å². The monoisotopic (exact) mass is 311 g/mol. The number of anilines is 1. The lowest BCUT2D eigenvalue weighted by atomic mass is 10.0. The van der Waals surface area contributed by atoms with E-state index in [4.69, 9.17) is 11.6 Å². The lowest BCUT2D eigenvalue weighted by molar-refractivity contribution is 0.584. The van der Waals surface area contributed by atoms with Crippen LogP contribution in [0.3, 0.4) is 0 Å². The quantitative estimate of drug-likeness (QED) is 0.811. The van der Waals surface area contributed by atoms with Gasteiger partial charge in [0.15, 0.2) is 0 Å². The Balaban J connectivity index is 1.94. The molecule has 0 radical (unpaired) electrons. The van der Waals surface area contributed by atoms with Crippen molar-refractivity contribution < 1.29 is 8.78 Å². The zero-order valence-electron chi connectivity index (χ0n) is 10.5. The molecule has 0 fully saturated rings. The molecule has 104 valence electrons. The minimum Gasteiger partial charge on any atom is -0.377 e. The molecule has 0 spiro atoms. The van der Waals surface area contributed by atoms with E-state index in [0.29, 0.717) is 15.6 Å². The fourth-order valence-corrected chi connectivity index (χ4v) is 3.64. The molecule has 1 unspecified atom stereocenters. The van der Waals surface area contributed by atoms with E-state index in [1.165, 1.54) is 36.0 Å². The number of halogens is 3. The van der Waals surface area contributed by atoms with E-state index in [1.54, 1.807) is 6.07 Å². The molecule has 0 amide bonds. The fourth-order valence-electron chi connectivity index (χ4n) is 2.33. The van der Waals surface area contributed by atoms with Crippen LogP contribution in [-0.4, -0.2) is 5.75 Å². The predicted octanol–water partition coefficient (Wildman–Crippen LogP) is 5.27. The molecule has 1 aliphatic rings. The van der Waals surface area contributed by atoms with Gasteiger partial charge in [0.2, 0.25) is 0 Å². The summed E-state index contributed by atoms with van der Waals surface area (Å²) < 4.78 is 27.1. The first-order valence-electron chi connectivity index (χ1n) is 6.28. The summed E-state index contributed by atoms with van der Waals surface area (Å²) in [4.78, 5) is 0.670. The summed E-state index contributed by atoms with van der Waals surface area (Å²) in [5.74, 6) is 0.268. The summed E-state index contributed by atoms with van der Waals surface area (Å²) in [5.41, 5.74) is 1.44. The number of hydrogen-bond donors (Lipinski definition) is 1. The highest BCUT2D eigenvalue weighted by Gasteiger charge is 2.23. The van der Waals surface area contributed by atoms with Gasteiger partial charge >= 0.3 is 0 Å². The first-order chi connectivity index (χ1) is 9.65. The fraction of sp³-hybridized carbons (Fsp3) is 0.200. The largest absolute Gasteiger partial charge is 0.377 e. The molecule has 2 aromatic carbocycles. The summed E-state index contributed by atoms with van der Waals surface area (Å²) in [5, 5.41) is 3.68. The van der Waals surface area contributed by atoms with Crippen LogP contribution >= 0.6 is 23.4 Å². The average Bonchev–Trinajstić information content (AvgIpc) is 2.44. The van der Waals surface area contributed by atoms with Crippen LogP contribution < -0.4 is 5.32 Å². The maximum Gasteiger partial charge on any atom is 0.137 e. The second-order valence-corrected chi connectivity index (χ2v) is 6.13. The molecule has 20 heavy (non-hydrogen) atoms. The van der Waals surface area contributed by atoms with E-state index in [1.807, 2.05) is 6.07 Å². The molecule has 1 N–H and O–H groups in total. The summed E-state index contributed by atoms with van der Waals surface area (Å²) in [7, 11) is 0. The highest BCUT2D eigenvalue weighted by molar-refractivity contribution is 7.99. The Bertz CT molecular complexity index is 648. The van der Waals surface area contributed by atoms with Gasteiger partial charge < -0.3 is 5.32 Å². The Morgan fingerprint density at radius 3 is 2.90 bits per heavy atom. The van der Waals surface area contributed by atoms with Crippen molar-refractivity contribution in [2.45, 2.75) is 17.4 Å². The second-order valence-electron chi connectivity index (χ2n) is 4.62. The van der Waals surface area contributed by atoms with Crippen LogP contribution in [0.15, 0.2) is 41.3 Å². The number of hydrogen-bond acceptors (Lipinski definition) is 2. The van der Waals surface area contributed by atoms with Gasteiger partial charge in [-0.15, -0.1) is 11.8 Å². The normalized spacial score (nSPS) is 17.6. The first-order valence-corrected chi connectivity index (χ1v) is 7.64. The third-order valence-electron chi connectivity index (χ3n) is 3.28. The average molecular weight is 312 g/mol. The van der Waals surface area contributed by atoms with Crippen molar-refractivity contribution in [2.24, 2.45) is 0 Å². The Kier molecular flexibility index (Phi) is 3.85. The molecule has 0 aromatic heterocycles. The molecular formula is C15H12ClF2NS. The summed E-state index contributed by atoms with van der Waals surface area (Å²) in [6.45, 7) is 0. The van der Waals surface area contributed by atoms with Gasteiger partial charge in [-0.3, -0.25) is 0 Å². The maximum absolute atomic E-state index is 13.8. The number of fused-ring (bicyclic) bond motifs is 1. The van der Waals surface area contributed by atoms with E-state index in [9.17, 15) is 8.78 Å². The minimum absolute atomic E-state index is 0.0544. The van der Waals surface area contributed by atoms with Gasteiger partial charge in [-0.05, 0) is 36.2 Å². The zero-order chi connectivity index (χ0) is 14.1. The molecule has 1 nitrogen and oxygen atoms in total. The van der Waals surface area contributed by atoms with Crippen LogP contribution in [0.25, 0.3) is 0 Å². The molecule has 0 saturated carbocycles. The van der Waals surface area contributed by atoms with Crippen molar-refractivity contribution in [1.82, 2.24) is 0 Å². The van der Waals surface area contributed by atoms with Crippen LogP contribution in [0.2, 0.25) is 5.02 Å². The summed E-state index contributed by atoms with van der Waals surface area (Å²) >= 11 is 7.58. The molecule has 0 saturated heterocycles. The Labute approximate surface area is 125 Å². The number of nitrogens with one attached hydrogen (secondary N) is 1. The zero-order valence-corrected chi connectivity index (χ0v) is 12.1. The minimum atomic E-state index is -0.346. The van der Waals surface area contributed by atoms with Gasteiger partial charge in [-0.1, -0.05) is 23.7 Å². The van der Waals surface area contributed by atoms with Crippen molar-refractivity contribution in [3.8, 4) is 0 Å². The van der Waals surface area contributed by atoms with Crippen molar-refractivity contribution in [3.05, 3.63) is 58.6 Å². The van der Waals surface area contributed by atoms with E-state index in [-0.39, 0.29) is 17.7 Å².